The zero-order valence-corrected chi connectivity index (χ0v) is 22.7. The molecular weight excluding hydrogens is 466 g/mol. The van der Waals surface area contributed by atoms with E-state index in [1.807, 2.05) is 44.7 Å². The Balaban J connectivity index is 1.09. The van der Waals surface area contributed by atoms with Crippen LogP contribution in [0.1, 0.15) is 87.4 Å². The molecule has 0 spiro atoms. The molecule has 3 aliphatic rings. The van der Waals surface area contributed by atoms with Gasteiger partial charge in [-0.3, -0.25) is 9.69 Å². The smallest absolute Gasteiger partial charge is 0.325 e. The van der Waals surface area contributed by atoms with Gasteiger partial charge in [0.1, 0.15) is 11.9 Å². The SMILES string of the molecule is CC1(C)OC(C)(C)c2c(C(C(=O)O)N3CC(OCCCCCc4ccc5c(n4)NCCC5)C3)cccc21. The quantitative estimate of drug-likeness (QED) is 0.429. The monoisotopic (exact) mass is 507 g/mol. The van der Waals surface area contributed by atoms with Crippen LogP contribution in [-0.2, 0) is 38.3 Å². The van der Waals surface area contributed by atoms with Gasteiger partial charge in [-0.25, -0.2) is 4.98 Å². The number of aryl methyl sites for hydroxylation is 2. The van der Waals surface area contributed by atoms with Crippen LogP contribution in [0, 0.1) is 0 Å². The number of nitrogens with one attached hydrogen (secondary N) is 1. The first kappa shape index (κ1) is 26.1. The molecule has 2 aromatic rings. The number of likely N-dealkylation sites (tertiary alicyclic amines) is 1. The van der Waals surface area contributed by atoms with Gasteiger partial charge in [-0.05, 0) is 88.1 Å². The molecule has 200 valence electrons. The number of carboxylic acids is 1. The fraction of sp³-hybridized carbons (Fsp3) is 0.600. The van der Waals surface area contributed by atoms with Crippen molar-refractivity contribution in [1.82, 2.24) is 9.88 Å². The number of unbranched alkanes of at least 4 members (excludes halogenated alkanes) is 2. The summed E-state index contributed by atoms with van der Waals surface area (Å²) in [6.07, 6.45) is 6.59. The van der Waals surface area contributed by atoms with Crippen molar-refractivity contribution in [2.24, 2.45) is 0 Å². The number of benzene rings is 1. The van der Waals surface area contributed by atoms with Crippen LogP contribution in [0.3, 0.4) is 0 Å². The van der Waals surface area contributed by atoms with Gasteiger partial charge in [-0.1, -0.05) is 30.7 Å². The van der Waals surface area contributed by atoms with Gasteiger partial charge < -0.3 is 19.9 Å². The van der Waals surface area contributed by atoms with Gasteiger partial charge >= 0.3 is 5.97 Å². The molecule has 1 atom stereocenters. The molecular formula is C30H41N3O4. The molecule has 3 aliphatic heterocycles. The van der Waals surface area contributed by atoms with Crippen LogP contribution in [0.15, 0.2) is 30.3 Å². The highest BCUT2D eigenvalue weighted by atomic mass is 16.5. The highest BCUT2D eigenvalue weighted by molar-refractivity contribution is 5.77. The van der Waals surface area contributed by atoms with Crippen LogP contribution in [-0.4, -0.2) is 53.3 Å². The zero-order chi connectivity index (χ0) is 26.2. The molecule has 1 aromatic heterocycles. The molecule has 7 nitrogen and oxygen atoms in total. The van der Waals surface area contributed by atoms with Crippen LogP contribution in [0.25, 0.3) is 0 Å². The number of hydrogen-bond donors (Lipinski definition) is 2. The van der Waals surface area contributed by atoms with Gasteiger partial charge in [0.15, 0.2) is 0 Å². The normalized spacial score (nSPS) is 21.0. The lowest BCUT2D eigenvalue weighted by atomic mass is 9.83. The van der Waals surface area contributed by atoms with Crippen molar-refractivity contribution in [3.05, 3.63) is 58.3 Å². The van der Waals surface area contributed by atoms with E-state index < -0.39 is 23.2 Å². The number of aromatic nitrogens is 1. The van der Waals surface area contributed by atoms with Gasteiger partial charge in [-0.2, -0.15) is 0 Å². The molecule has 0 bridgehead atoms. The fourth-order valence-corrected chi connectivity index (χ4v) is 6.33. The van der Waals surface area contributed by atoms with E-state index in [1.54, 1.807) is 0 Å². The van der Waals surface area contributed by atoms with Gasteiger partial charge in [0, 0.05) is 31.9 Å². The summed E-state index contributed by atoms with van der Waals surface area (Å²) in [6.45, 7) is 11.2. The summed E-state index contributed by atoms with van der Waals surface area (Å²) in [7, 11) is 0. The average Bonchev–Trinajstić information content (AvgIpc) is 3.02. The summed E-state index contributed by atoms with van der Waals surface area (Å²) >= 11 is 0. The molecule has 1 aromatic carbocycles. The summed E-state index contributed by atoms with van der Waals surface area (Å²) in [5, 5.41) is 13.6. The molecule has 5 rings (SSSR count). The Labute approximate surface area is 220 Å². The van der Waals surface area contributed by atoms with Gasteiger partial charge in [0.25, 0.3) is 0 Å². The standard InChI is InChI=1S/C30H41N3O4/c1-29(2)24-13-8-12-23(25(24)30(3,4)37-29)26(28(34)35)33-18-22(19-33)36-17-7-5-6-11-21-15-14-20-10-9-16-31-27(20)32-21/h8,12-15,22,26H,5-7,9-11,16-19H2,1-4H3,(H,31,32)(H,34,35). The lowest BCUT2D eigenvalue weighted by Crippen LogP contribution is -2.55. The third kappa shape index (κ3) is 5.40. The van der Waals surface area contributed by atoms with Gasteiger partial charge in [-0.15, -0.1) is 0 Å². The van der Waals surface area contributed by atoms with Crippen LogP contribution in [0.2, 0.25) is 0 Å². The Morgan fingerprint density at radius 3 is 2.76 bits per heavy atom. The minimum absolute atomic E-state index is 0.0905. The van der Waals surface area contributed by atoms with Crippen molar-refractivity contribution in [3.63, 3.8) is 0 Å². The first-order chi connectivity index (χ1) is 17.7. The molecule has 0 aliphatic carbocycles. The van der Waals surface area contributed by atoms with Crippen molar-refractivity contribution in [1.29, 1.82) is 0 Å². The number of carboxylic acid groups (broad SMARTS) is 1. The van der Waals surface area contributed by atoms with E-state index >= 15 is 0 Å². The lowest BCUT2D eigenvalue weighted by molar-refractivity contribution is -0.151. The van der Waals surface area contributed by atoms with Crippen LogP contribution >= 0.6 is 0 Å². The lowest BCUT2D eigenvalue weighted by Gasteiger charge is -2.43. The molecule has 2 N–H and O–H groups in total. The van der Waals surface area contributed by atoms with Crippen LogP contribution in [0.5, 0.6) is 0 Å². The molecule has 0 saturated carbocycles. The number of ether oxygens (including phenoxy) is 2. The van der Waals surface area contributed by atoms with E-state index in [0.717, 1.165) is 66.9 Å². The molecule has 0 amide bonds. The Morgan fingerprint density at radius 1 is 1.16 bits per heavy atom. The van der Waals surface area contributed by atoms with E-state index in [2.05, 4.69) is 23.5 Å². The number of fused-ring (bicyclic) bond motifs is 2. The Morgan fingerprint density at radius 2 is 1.97 bits per heavy atom. The number of hydrogen-bond acceptors (Lipinski definition) is 6. The number of nitrogens with zero attached hydrogens (tertiary/aromatic N) is 2. The van der Waals surface area contributed by atoms with Crippen molar-refractivity contribution in [2.75, 3.05) is 31.6 Å². The summed E-state index contributed by atoms with van der Waals surface area (Å²) in [5.74, 6) is 0.250. The first-order valence-electron chi connectivity index (χ1n) is 13.8. The Bertz CT molecular complexity index is 1140. The Hall–Kier alpha value is -2.48. The van der Waals surface area contributed by atoms with Crippen LogP contribution in [0.4, 0.5) is 5.82 Å². The third-order valence-electron chi connectivity index (χ3n) is 8.01. The predicted octanol–water partition coefficient (Wildman–Crippen LogP) is 5.18. The van der Waals surface area contributed by atoms with E-state index in [9.17, 15) is 9.90 Å². The predicted molar refractivity (Wildman–Crippen MR) is 144 cm³/mol. The van der Waals surface area contributed by atoms with E-state index in [0.29, 0.717) is 19.7 Å². The average molecular weight is 508 g/mol. The number of carbonyl (C=O) groups is 1. The maximum Gasteiger partial charge on any atom is 0.325 e. The summed E-state index contributed by atoms with van der Waals surface area (Å²) in [4.78, 5) is 19.2. The second kappa shape index (κ2) is 10.4. The van der Waals surface area contributed by atoms with E-state index in [4.69, 9.17) is 14.5 Å². The molecule has 1 unspecified atom stereocenters. The fourth-order valence-electron chi connectivity index (χ4n) is 6.33. The number of rotatable bonds is 10. The molecule has 7 heteroatoms. The van der Waals surface area contributed by atoms with Crippen LogP contribution < -0.4 is 5.32 Å². The highest BCUT2D eigenvalue weighted by Gasteiger charge is 2.47. The number of aliphatic carboxylic acids is 1. The summed E-state index contributed by atoms with van der Waals surface area (Å²) in [6, 6.07) is 9.67. The van der Waals surface area contributed by atoms with Crippen molar-refractivity contribution in [2.45, 2.75) is 89.6 Å². The second-order valence-corrected chi connectivity index (χ2v) is 11.7. The van der Waals surface area contributed by atoms with E-state index in [1.165, 1.54) is 12.0 Å². The number of anilines is 1. The van der Waals surface area contributed by atoms with Crippen molar-refractivity contribution in [3.8, 4) is 0 Å². The highest BCUT2D eigenvalue weighted by Crippen LogP contribution is 2.50. The number of pyridine rings is 1. The summed E-state index contributed by atoms with van der Waals surface area (Å²) in [5.41, 5.74) is 4.45. The van der Waals surface area contributed by atoms with Gasteiger partial charge in [0.05, 0.1) is 17.3 Å². The minimum Gasteiger partial charge on any atom is -0.480 e. The topological polar surface area (TPSA) is 83.9 Å². The zero-order valence-electron chi connectivity index (χ0n) is 22.7. The summed E-state index contributed by atoms with van der Waals surface area (Å²) < 4.78 is 12.4. The largest absolute Gasteiger partial charge is 0.480 e. The maximum atomic E-state index is 12.4. The maximum absolute atomic E-state index is 12.4. The molecule has 0 radical (unpaired) electrons. The van der Waals surface area contributed by atoms with Crippen molar-refractivity contribution >= 4 is 11.8 Å². The van der Waals surface area contributed by atoms with Gasteiger partial charge in [0.2, 0.25) is 0 Å². The molecule has 4 heterocycles. The molecule has 37 heavy (non-hydrogen) atoms. The first-order valence-corrected chi connectivity index (χ1v) is 13.8. The second-order valence-electron chi connectivity index (χ2n) is 11.7. The minimum atomic E-state index is -0.821. The molecule has 1 fully saturated rings. The third-order valence-corrected chi connectivity index (χ3v) is 8.01. The molecule has 1 saturated heterocycles. The van der Waals surface area contributed by atoms with Crippen molar-refractivity contribution < 1.29 is 19.4 Å². The Kier molecular flexibility index (Phi) is 7.31. The van der Waals surface area contributed by atoms with E-state index in [-0.39, 0.29) is 6.10 Å².